The maximum atomic E-state index is 11.7. The largest absolute Gasteiger partial charge is 0.357 e. The lowest BCUT2D eigenvalue weighted by molar-refractivity contribution is -0.129. The number of guanidine groups is 1. The van der Waals surface area contributed by atoms with Crippen LogP contribution < -0.4 is 16.0 Å². The van der Waals surface area contributed by atoms with Crippen molar-refractivity contribution in [3.05, 3.63) is 0 Å². The highest BCUT2D eigenvalue weighted by Crippen LogP contribution is 2.18. The van der Waals surface area contributed by atoms with Gasteiger partial charge in [-0.25, -0.2) is 0 Å². The molecule has 3 N–H and O–H groups in total. The Morgan fingerprint density at radius 1 is 1.12 bits per heavy atom. The molecule has 0 aromatic heterocycles. The molecule has 2 aliphatic rings. The van der Waals surface area contributed by atoms with Crippen LogP contribution in [0.1, 0.15) is 52.4 Å². The van der Waals surface area contributed by atoms with Gasteiger partial charge in [-0.3, -0.25) is 14.6 Å². The zero-order valence-electron chi connectivity index (χ0n) is 14.9. The zero-order chi connectivity index (χ0) is 17.4. The predicted octanol–water partition coefficient (Wildman–Crippen LogP) is 0.611. The molecule has 2 fully saturated rings. The summed E-state index contributed by atoms with van der Waals surface area (Å²) in [6, 6.07) is 0.674. The first-order valence-corrected chi connectivity index (χ1v) is 9.24. The number of amides is 2. The van der Waals surface area contributed by atoms with Gasteiger partial charge >= 0.3 is 0 Å². The van der Waals surface area contributed by atoms with Crippen LogP contribution in [0, 0.1) is 0 Å². The van der Waals surface area contributed by atoms with Crippen molar-refractivity contribution < 1.29 is 9.59 Å². The highest BCUT2D eigenvalue weighted by molar-refractivity contribution is 5.81. The standard InChI is InChI=1S/C17H31N5O2/c1-3-16(24)22-11-9-14(12-22)21-17(18-4-2)19-10-5-6-15(23)20-13-7-8-13/h13-14H,3-12H2,1-2H3,(H,20,23)(H2,18,19,21). The Morgan fingerprint density at radius 2 is 1.92 bits per heavy atom. The molecule has 1 atom stereocenters. The third-order valence-corrected chi connectivity index (χ3v) is 4.30. The first kappa shape index (κ1) is 18.5. The number of hydrogen-bond donors (Lipinski definition) is 3. The van der Waals surface area contributed by atoms with Gasteiger partial charge in [-0.1, -0.05) is 6.92 Å². The quantitative estimate of drug-likeness (QED) is 0.344. The average Bonchev–Trinajstić information content (AvgIpc) is 3.26. The molecular weight excluding hydrogens is 306 g/mol. The molecule has 2 amide bonds. The molecule has 1 unspecified atom stereocenters. The number of carbonyl (C=O) groups excluding carboxylic acids is 2. The predicted molar refractivity (Wildman–Crippen MR) is 94.8 cm³/mol. The lowest BCUT2D eigenvalue weighted by atomic mass is 10.2. The summed E-state index contributed by atoms with van der Waals surface area (Å²) in [7, 11) is 0. The van der Waals surface area contributed by atoms with E-state index in [9.17, 15) is 9.59 Å². The topological polar surface area (TPSA) is 85.8 Å². The van der Waals surface area contributed by atoms with Gasteiger partial charge in [0.05, 0.1) is 0 Å². The van der Waals surface area contributed by atoms with Crippen LogP contribution in [0.3, 0.4) is 0 Å². The highest BCUT2D eigenvalue weighted by atomic mass is 16.2. The maximum Gasteiger partial charge on any atom is 0.222 e. The molecule has 7 nitrogen and oxygen atoms in total. The van der Waals surface area contributed by atoms with E-state index < -0.39 is 0 Å². The molecule has 1 aliphatic carbocycles. The van der Waals surface area contributed by atoms with Crippen molar-refractivity contribution in [1.29, 1.82) is 0 Å². The van der Waals surface area contributed by atoms with E-state index in [1.54, 1.807) is 0 Å². The van der Waals surface area contributed by atoms with Gasteiger partial charge in [0, 0.05) is 51.1 Å². The highest BCUT2D eigenvalue weighted by Gasteiger charge is 2.25. The lowest BCUT2D eigenvalue weighted by Crippen LogP contribution is -2.45. The van der Waals surface area contributed by atoms with Crippen LogP contribution in [-0.4, -0.2) is 60.9 Å². The van der Waals surface area contributed by atoms with Crippen LogP contribution in [0.5, 0.6) is 0 Å². The summed E-state index contributed by atoms with van der Waals surface area (Å²) in [5.74, 6) is 1.12. The summed E-state index contributed by atoms with van der Waals surface area (Å²) in [4.78, 5) is 29.8. The Labute approximate surface area is 144 Å². The van der Waals surface area contributed by atoms with Gasteiger partial charge in [0.15, 0.2) is 5.96 Å². The van der Waals surface area contributed by atoms with Crippen molar-refractivity contribution in [2.24, 2.45) is 4.99 Å². The van der Waals surface area contributed by atoms with Crippen LogP contribution in [-0.2, 0) is 9.59 Å². The van der Waals surface area contributed by atoms with Crippen molar-refractivity contribution >= 4 is 17.8 Å². The molecular formula is C17H31N5O2. The van der Waals surface area contributed by atoms with Gasteiger partial charge < -0.3 is 20.9 Å². The van der Waals surface area contributed by atoms with Gasteiger partial charge in [0.2, 0.25) is 11.8 Å². The third kappa shape index (κ3) is 6.37. The van der Waals surface area contributed by atoms with E-state index in [1.165, 1.54) is 0 Å². The van der Waals surface area contributed by atoms with Crippen molar-refractivity contribution in [2.75, 3.05) is 26.2 Å². The van der Waals surface area contributed by atoms with Crippen molar-refractivity contribution in [3.8, 4) is 0 Å². The molecule has 7 heteroatoms. The average molecular weight is 337 g/mol. The third-order valence-electron chi connectivity index (χ3n) is 4.30. The van der Waals surface area contributed by atoms with Crippen molar-refractivity contribution in [2.45, 2.75) is 64.5 Å². The van der Waals surface area contributed by atoms with E-state index in [1.807, 2.05) is 18.7 Å². The number of hydrogen-bond acceptors (Lipinski definition) is 3. The second-order valence-electron chi connectivity index (χ2n) is 6.53. The van der Waals surface area contributed by atoms with Crippen LogP contribution in [0.25, 0.3) is 0 Å². The van der Waals surface area contributed by atoms with Gasteiger partial charge in [-0.15, -0.1) is 0 Å². The van der Waals surface area contributed by atoms with Crippen LogP contribution in [0.4, 0.5) is 0 Å². The number of aliphatic imine (C=N–C) groups is 1. The smallest absolute Gasteiger partial charge is 0.222 e. The van der Waals surface area contributed by atoms with Crippen LogP contribution in [0.2, 0.25) is 0 Å². The number of likely N-dealkylation sites (tertiary alicyclic amines) is 1. The van der Waals surface area contributed by atoms with E-state index in [-0.39, 0.29) is 17.9 Å². The van der Waals surface area contributed by atoms with E-state index >= 15 is 0 Å². The molecule has 2 rings (SSSR count). The Kier molecular flexibility index (Phi) is 7.34. The molecule has 0 aromatic carbocycles. The number of nitrogens with zero attached hydrogens (tertiary/aromatic N) is 2. The summed E-state index contributed by atoms with van der Waals surface area (Å²) in [6.45, 7) is 6.89. The Morgan fingerprint density at radius 3 is 2.58 bits per heavy atom. The van der Waals surface area contributed by atoms with Gasteiger partial charge in [-0.05, 0) is 32.6 Å². The van der Waals surface area contributed by atoms with Crippen molar-refractivity contribution in [1.82, 2.24) is 20.9 Å². The minimum atomic E-state index is 0.134. The first-order valence-electron chi connectivity index (χ1n) is 9.24. The van der Waals surface area contributed by atoms with Crippen molar-refractivity contribution in [3.63, 3.8) is 0 Å². The number of carbonyl (C=O) groups is 2. The second-order valence-corrected chi connectivity index (χ2v) is 6.53. The second kappa shape index (κ2) is 9.49. The lowest BCUT2D eigenvalue weighted by Gasteiger charge is -2.18. The molecule has 136 valence electrons. The Bertz CT molecular complexity index is 462. The zero-order valence-corrected chi connectivity index (χ0v) is 14.9. The van der Waals surface area contributed by atoms with Gasteiger partial charge in [0.25, 0.3) is 0 Å². The van der Waals surface area contributed by atoms with Gasteiger partial charge in [0.1, 0.15) is 0 Å². The molecule has 0 radical (unpaired) electrons. The van der Waals surface area contributed by atoms with Crippen LogP contribution >= 0.6 is 0 Å². The van der Waals surface area contributed by atoms with E-state index in [2.05, 4.69) is 20.9 Å². The minimum Gasteiger partial charge on any atom is -0.357 e. The number of nitrogens with one attached hydrogen (secondary N) is 3. The molecule has 1 saturated carbocycles. The molecule has 1 aliphatic heterocycles. The normalized spacial score (nSPS) is 20.8. The van der Waals surface area contributed by atoms with Gasteiger partial charge in [-0.2, -0.15) is 0 Å². The fraction of sp³-hybridized carbons (Fsp3) is 0.824. The summed E-state index contributed by atoms with van der Waals surface area (Å²) in [5.41, 5.74) is 0. The fourth-order valence-electron chi connectivity index (χ4n) is 2.80. The molecule has 24 heavy (non-hydrogen) atoms. The molecule has 1 heterocycles. The maximum absolute atomic E-state index is 11.7. The summed E-state index contributed by atoms with van der Waals surface area (Å²) >= 11 is 0. The summed E-state index contributed by atoms with van der Waals surface area (Å²) in [5, 5.41) is 9.62. The summed E-state index contributed by atoms with van der Waals surface area (Å²) < 4.78 is 0. The Hall–Kier alpha value is -1.79. The molecule has 0 bridgehead atoms. The number of rotatable bonds is 8. The molecule has 1 saturated heterocycles. The van der Waals surface area contributed by atoms with E-state index in [4.69, 9.17) is 0 Å². The molecule has 0 spiro atoms. The van der Waals surface area contributed by atoms with E-state index in [0.717, 1.165) is 51.3 Å². The molecule has 0 aromatic rings. The Balaban J connectivity index is 1.70. The monoisotopic (exact) mass is 337 g/mol. The first-order chi connectivity index (χ1) is 11.6. The minimum absolute atomic E-state index is 0.134. The van der Waals surface area contributed by atoms with E-state index in [0.29, 0.717) is 25.4 Å². The van der Waals surface area contributed by atoms with Crippen LogP contribution in [0.15, 0.2) is 4.99 Å². The summed E-state index contributed by atoms with van der Waals surface area (Å²) in [6.07, 6.45) is 5.03. The SMILES string of the molecule is CCNC(=NCCCC(=O)NC1CC1)NC1CCN(C(=O)CC)C1. The fourth-order valence-corrected chi connectivity index (χ4v) is 2.80.